The highest BCUT2D eigenvalue weighted by Crippen LogP contribution is 2.33. The Hall–Kier alpha value is -2.55. The third-order valence-electron chi connectivity index (χ3n) is 4.16. The van der Waals surface area contributed by atoms with E-state index in [9.17, 15) is 18.0 Å². The lowest BCUT2D eigenvalue weighted by atomic mass is 10.1. The van der Waals surface area contributed by atoms with Crippen LogP contribution in [0.1, 0.15) is 64.7 Å². The van der Waals surface area contributed by atoms with E-state index in [1.807, 2.05) is 13.8 Å². The fourth-order valence-corrected chi connectivity index (χ4v) is 3.45. The van der Waals surface area contributed by atoms with E-state index >= 15 is 0 Å². The van der Waals surface area contributed by atoms with E-state index in [1.54, 1.807) is 24.3 Å². The Balaban J connectivity index is 2.00. The average Bonchev–Trinajstić information content (AvgIpc) is 3.14. The molecule has 0 spiro atoms. The summed E-state index contributed by atoms with van der Waals surface area (Å²) in [5, 5.41) is 3.87. The van der Waals surface area contributed by atoms with Gasteiger partial charge in [-0.15, -0.1) is 0 Å². The summed E-state index contributed by atoms with van der Waals surface area (Å²) < 4.78 is 28.5. The van der Waals surface area contributed by atoms with Crippen molar-refractivity contribution in [2.24, 2.45) is 0 Å². The van der Waals surface area contributed by atoms with Crippen LogP contribution in [0, 0.1) is 0 Å². The molecule has 0 saturated heterocycles. The van der Waals surface area contributed by atoms with E-state index in [0.29, 0.717) is 5.82 Å². The van der Waals surface area contributed by atoms with E-state index in [0.717, 1.165) is 11.2 Å². The Morgan fingerprint density at radius 2 is 1.69 bits per heavy atom. The molecule has 2 aromatic rings. The fraction of sp³-hybridized carbons (Fsp3) is 0.412. The maximum absolute atomic E-state index is 12.8. The number of sulfone groups is 1. The van der Waals surface area contributed by atoms with Gasteiger partial charge in [-0.05, 0) is 18.6 Å². The molecule has 1 aromatic heterocycles. The highest BCUT2D eigenvalue weighted by atomic mass is 32.2. The van der Waals surface area contributed by atoms with E-state index in [4.69, 9.17) is 4.52 Å². The molecule has 1 aromatic carbocycles. The Morgan fingerprint density at radius 1 is 1.12 bits per heavy atom. The third kappa shape index (κ3) is 3.39. The minimum Gasteiger partial charge on any atom is -0.337 e. The van der Waals surface area contributed by atoms with Gasteiger partial charge < -0.3 is 4.52 Å². The van der Waals surface area contributed by atoms with Crippen LogP contribution in [0.3, 0.4) is 0 Å². The van der Waals surface area contributed by atoms with Gasteiger partial charge in [-0.1, -0.05) is 31.1 Å². The number of hydrogen-bond donors (Lipinski definition) is 0. The van der Waals surface area contributed by atoms with Crippen LogP contribution >= 0.6 is 0 Å². The fourth-order valence-electron chi connectivity index (χ4n) is 2.80. The van der Waals surface area contributed by atoms with Crippen LogP contribution in [0.5, 0.6) is 0 Å². The summed E-state index contributed by atoms with van der Waals surface area (Å²) in [5.74, 6) is -0.718. The number of imide groups is 1. The molecule has 138 valence electrons. The second-order valence-corrected chi connectivity index (χ2v) is 8.87. The number of carbonyl (C=O) groups excluding carboxylic acids is 2. The minimum atomic E-state index is -3.31. The lowest BCUT2D eigenvalue weighted by Gasteiger charge is -2.22. The molecule has 3 rings (SSSR count). The quantitative estimate of drug-likeness (QED) is 0.708. The van der Waals surface area contributed by atoms with Gasteiger partial charge in [-0.25, -0.2) is 8.42 Å². The first-order valence-electron chi connectivity index (χ1n) is 8.17. The van der Waals surface area contributed by atoms with Gasteiger partial charge in [0.2, 0.25) is 5.89 Å². The van der Waals surface area contributed by atoms with Crippen molar-refractivity contribution >= 4 is 21.7 Å². The molecule has 2 heterocycles. The Morgan fingerprint density at radius 3 is 2.15 bits per heavy atom. The standard InChI is InChI=1S/C17H19N3O5S/c1-10(2)14-18-15(25-19-14)13(8-9-26(3,23)24)20-16(21)11-6-4-5-7-12(11)17(20)22/h4-7,10,13H,8-9H2,1-3H3. The van der Waals surface area contributed by atoms with Crippen LogP contribution in [0.15, 0.2) is 28.8 Å². The van der Waals surface area contributed by atoms with Crippen molar-refractivity contribution in [1.82, 2.24) is 15.0 Å². The van der Waals surface area contributed by atoms with Gasteiger partial charge >= 0.3 is 0 Å². The molecule has 1 aliphatic heterocycles. The first kappa shape index (κ1) is 18.2. The molecule has 1 atom stereocenters. The van der Waals surface area contributed by atoms with E-state index in [-0.39, 0.29) is 35.1 Å². The van der Waals surface area contributed by atoms with Crippen molar-refractivity contribution in [3.05, 3.63) is 47.1 Å². The molecular formula is C17H19N3O5S. The summed E-state index contributed by atoms with van der Waals surface area (Å²) in [6.07, 6.45) is 1.09. The minimum absolute atomic E-state index is 0.00904. The van der Waals surface area contributed by atoms with Gasteiger partial charge in [0.1, 0.15) is 15.9 Å². The van der Waals surface area contributed by atoms with Crippen LogP contribution in [-0.4, -0.2) is 47.3 Å². The van der Waals surface area contributed by atoms with Crippen molar-refractivity contribution in [2.45, 2.75) is 32.2 Å². The second kappa shape index (κ2) is 6.64. The average molecular weight is 377 g/mol. The van der Waals surface area contributed by atoms with Crippen LogP contribution in [0.2, 0.25) is 0 Å². The summed E-state index contributed by atoms with van der Waals surface area (Å²) in [5.41, 5.74) is 0.566. The lowest BCUT2D eigenvalue weighted by molar-refractivity contribution is 0.0547. The molecule has 0 saturated carbocycles. The summed E-state index contributed by atoms with van der Waals surface area (Å²) in [6, 6.07) is 5.54. The molecule has 0 N–H and O–H groups in total. The van der Waals surface area contributed by atoms with Gasteiger partial charge in [0, 0.05) is 12.2 Å². The van der Waals surface area contributed by atoms with Crippen molar-refractivity contribution in [1.29, 1.82) is 0 Å². The number of benzene rings is 1. The molecule has 26 heavy (non-hydrogen) atoms. The first-order valence-corrected chi connectivity index (χ1v) is 10.2. The smallest absolute Gasteiger partial charge is 0.262 e. The predicted molar refractivity (Wildman–Crippen MR) is 92.4 cm³/mol. The highest BCUT2D eigenvalue weighted by Gasteiger charge is 2.42. The van der Waals surface area contributed by atoms with Crippen molar-refractivity contribution < 1.29 is 22.5 Å². The summed E-state index contributed by atoms with van der Waals surface area (Å²) in [4.78, 5) is 30.8. The maximum atomic E-state index is 12.8. The lowest BCUT2D eigenvalue weighted by Crippen LogP contribution is -2.35. The van der Waals surface area contributed by atoms with Crippen molar-refractivity contribution in [2.75, 3.05) is 12.0 Å². The number of nitrogens with zero attached hydrogens (tertiary/aromatic N) is 3. The van der Waals surface area contributed by atoms with Crippen LogP contribution in [-0.2, 0) is 9.84 Å². The number of amides is 2. The molecule has 1 unspecified atom stereocenters. The van der Waals surface area contributed by atoms with E-state index in [2.05, 4.69) is 10.1 Å². The maximum Gasteiger partial charge on any atom is 0.262 e. The zero-order valence-electron chi connectivity index (χ0n) is 14.7. The first-order chi connectivity index (χ1) is 12.2. The summed E-state index contributed by atoms with van der Waals surface area (Å²) >= 11 is 0. The zero-order valence-corrected chi connectivity index (χ0v) is 15.5. The van der Waals surface area contributed by atoms with Crippen LogP contribution in [0.4, 0.5) is 0 Å². The number of rotatable bonds is 6. The van der Waals surface area contributed by atoms with Gasteiger partial charge in [0.15, 0.2) is 5.82 Å². The van der Waals surface area contributed by atoms with Gasteiger partial charge in [-0.3, -0.25) is 14.5 Å². The molecule has 1 aliphatic rings. The Bertz CT molecular complexity index is 929. The predicted octanol–water partition coefficient (Wildman–Crippen LogP) is 1.97. The molecule has 0 bridgehead atoms. The highest BCUT2D eigenvalue weighted by molar-refractivity contribution is 7.90. The molecule has 0 radical (unpaired) electrons. The SMILES string of the molecule is CC(C)c1noc(C(CCS(C)(=O)=O)N2C(=O)c3ccccc3C2=O)n1. The van der Waals surface area contributed by atoms with E-state index < -0.39 is 27.7 Å². The molecule has 8 nitrogen and oxygen atoms in total. The largest absolute Gasteiger partial charge is 0.337 e. The number of hydrogen-bond acceptors (Lipinski definition) is 7. The van der Waals surface area contributed by atoms with Crippen molar-refractivity contribution in [3.63, 3.8) is 0 Å². The Labute approximate surface area is 151 Å². The normalized spacial score (nSPS) is 15.6. The van der Waals surface area contributed by atoms with Crippen molar-refractivity contribution in [3.8, 4) is 0 Å². The van der Waals surface area contributed by atoms with Crippen LogP contribution in [0.25, 0.3) is 0 Å². The van der Waals surface area contributed by atoms with Gasteiger partial charge in [-0.2, -0.15) is 4.98 Å². The van der Waals surface area contributed by atoms with E-state index in [1.165, 1.54) is 0 Å². The molecule has 0 fully saturated rings. The molecule has 9 heteroatoms. The zero-order chi connectivity index (χ0) is 19.1. The number of carbonyl (C=O) groups is 2. The molecule has 0 aliphatic carbocycles. The Kier molecular flexibility index (Phi) is 4.66. The van der Waals surface area contributed by atoms with Gasteiger partial charge in [0.05, 0.1) is 16.9 Å². The van der Waals surface area contributed by atoms with Crippen LogP contribution < -0.4 is 0 Å². The molecule has 2 amide bonds. The number of aromatic nitrogens is 2. The summed E-state index contributed by atoms with van der Waals surface area (Å²) in [7, 11) is -3.31. The third-order valence-corrected chi connectivity index (χ3v) is 5.14. The topological polar surface area (TPSA) is 110 Å². The monoisotopic (exact) mass is 377 g/mol. The summed E-state index contributed by atoms with van der Waals surface area (Å²) in [6.45, 7) is 3.75. The second-order valence-electron chi connectivity index (χ2n) is 6.61. The van der Waals surface area contributed by atoms with Gasteiger partial charge in [0.25, 0.3) is 11.8 Å². The number of fused-ring (bicyclic) bond motifs is 1. The molecular weight excluding hydrogens is 358 g/mol.